The number of nitrogens with zero attached hydrogens (tertiary/aromatic N) is 4. The van der Waals surface area contributed by atoms with Crippen molar-refractivity contribution in [3.05, 3.63) is 41.0 Å². The molecule has 0 N–H and O–H groups in total. The first kappa shape index (κ1) is 18.5. The Morgan fingerprint density at radius 1 is 1.12 bits per heavy atom. The van der Waals surface area contributed by atoms with Gasteiger partial charge in [-0.05, 0) is 39.3 Å². The first-order valence-electron chi connectivity index (χ1n) is 8.46. The van der Waals surface area contributed by atoms with Gasteiger partial charge in [0, 0.05) is 31.9 Å². The molecule has 9 heteroatoms. The summed E-state index contributed by atoms with van der Waals surface area (Å²) in [4.78, 5) is 18.7. The molecule has 2 aromatic heterocycles. The van der Waals surface area contributed by atoms with E-state index < -0.39 is 10.0 Å². The van der Waals surface area contributed by atoms with Crippen LogP contribution in [0.15, 0.2) is 27.6 Å². The van der Waals surface area contributed by atoms with Crippen LogP contribution in [-0.4, -0.2) is 59.8 Å². The third-order valence-corrected chi connectivity index (χ3v) is 6.56. The van der Waals surface area contributed by atoms with Crippen molar-refractivity contribution < 1.29 is 17.7 Å². The van der Waals surface area contributed by atoms with E-state index in [-0.39, 0.29) is 23.1 Å². The second kappa shape index (κ2) is 7.16. The fourth-order valence-electron chi connectivity index (χ4n) is 3.13. The minimum atomic E-state index is -3.70. The average Bonchev–Trinajstić information content (AvgIpc) is 2.81. The summed E-state index contributed by atoms with van der Waals surface area (Å²) in [5.74, 6) is 0.105. The van der Waals surface area contributed by atoms with Gasteiger partial charge >= 0.3 is 0 Å². The van der Waals surface area contributed by atoms with E-state index in [2.05, 4.69) is 10.1 Å². The highest BCUT2D eigenvalue weighted by molar-refractivity contribution is 7.89. The van der Waals surface area contributed by atoms with E-state index in [0.29, 0.717) is 37.4 Å². The molecule has 1 fully saturated rings. The smallest absolute Gasteiger partial charge is 0.272 e. The van der Waals surface area contributed by atoms with E-state index in [9.17, 15) is 13.2 Å². The molecule has 3 rings (SSSR count). The van der Waals surface area contributed by atoms with Crippen LogP contribution in [0.3, 0.4) is 0 Å². The van der Waals surface area contributed by atoms with Crippen molar-refractivity contribution in [3.8, 4) is 0 Å². The zero-order valence-electron chi connectivity index (χ0n) is 15.1. The Balaban J connectivity index is 1.77. The Kier molecular flexibility index (Phi) is 5.10. The summed E-state index contributed by atoms with van der Waals surface area (Å²) in [6, 6.07) is 5.30. The summed E-state index contributed by atoms with van der Waals surface area (Å²) in [6.07, 6.45) is 0.556. The standard InChI is InChI=1S/C17H22N4O4S/c1-12-6-4-7-15(18-12)17(22)20-8-5-9-21(11-10-20)26(23,24)16-13(2)19-25-14(16)3/h4,6-7H,5,8-11H2,1-3H3. The molecule has 0 aromatic carbocycles. The Bertz CT molecular complexity index is 903. The Hall–Kier alpha value is -2.26. The van der Waals surface area contributed by atoms with Crippen LogP contribution in [-0.2, 0) is 10.0 Å². The van der Waals surface area contributed by atoms with E-state index in [1.807, 2.05) is 13.0 Å². The lowest BCUT2D eigenvalue weighted by atomic mass is 10.2. The van der Waals surface area contributed by atoms with Gasteiger partial charge in [0.1, 0.15) is 16.3 Å². The van der Waals surface area contributed by atoms with Gasteiger partial charge in [0.2, 0.25) is 10.0 Å². The van der Waals surface area contributed by atoms with Crippen LogP contribution in [0.2, 0.25) is 0 Å². The predicted octanol–water partition coefficient (Wildman–Crippen LogP) is 1.53. The predicted molar refractivity (Wildman–Crippen MR) is 94.2 cm³/mol. The number of carbonyl (C=O) groups is 1. The summed E-state index contributed by atoms with van der Waals surface area (Å²) >= 11 is 0. The molecule has 26 heavy (non-hydrogen) atoms. The molecular formula is C17H22N4O4S. The SMILES string of the molecule is Cc1cccc(C(=O)N2CCCN(S(=O)(=O)c3c(C)noc3C)CC2)n1. The highest BCUT2D eigenvalue weighted by Crippen LogP contribution is 2.24. The van der Waals surface area contributed by atoms with Crippen LogP contribution in [0, 0.1) is 20.8 Å². The lowest BCUT2D eigenvalue weighted by Crippen LogP contribution is -2.37. The van der Waals surface area contributed by atoms with Gasteiger partial charge in [0.25, 0.3) is 5.91 Å². The number of carbonyl (C=O) groups excluding carboxylic acids is 1. The number of pyridine rings is 1. The minimum Gasteiger partial charge on any atom is -0.360 e. The molecule has 1 saturated heterocycles. The highest BCUT2D eigenvalue weighted by atomic mass is 32.2. The van der Waals surface area contributed by atoms with Crippen molar-refractivity contribution in [3.63, 3.8) is 0 Å². The van der Waals surface area contributed by atoms with E-state index in [4.69, 9.17) is 4.52 Å². The molecular weight excluding hydrogens is 356 g/mol. The van der Waals surface area contributed by atoms with Gasteiger partial charge in [-0.2, -0.15) is 4.31 Å². The monoisotopic (exact) mass is 378 g/mol. The van der Waals surface area contributed by atoms with Gasteiger partial charge < -0.3 is 9.42 Å². The third-order valence-electron chi connectivity index (χ3n) is 4.42. The second-order valence-electron chi connectivity index (χ2n) is 6.37. The molecule has 0 saturated carbocycles. The quantitative estimate of drug-likeness (QED) is 0.804. The number of rotatable bonds is 3. The number of hydrogen-bond acceptors (Lipinski definition) is 6. The van der Waals surface area contributed by atoms with E-state index in [1.54, 1.807) is 30.9 Å². The number of amides is 1. The molecule has 2 aromatic rings. The van der Waals surface area contributed by atoms with Crippen molar-refractivity contribution in [2.75, 3.05) is 26.2 Å². The van der Waals surface area contributed by atoms with Gasteiger partial charge in [0.15, 0.2) is 5.76 Å². The van der Waals surface area contributed by atoms with Gasteiger partial charge in [-0.3, -0.25) is 4.79 Å². The molecule has 0 bridgehead atoms. The molecule has 0 atom stereocenters. The minimum absolute atomic E-state index is 0.123. The van der Waals surface area contributed by atoms with Crippen LogP contribution in [0.25, 0.3) is 0 Å². The van der Waals surface area contributed by atoms with Gasteiger partial charge in [-0.1, -0.05) is 11.2 Å². The maximum Gasteiger partial charge on any atom is 0.272 e. The normalized spacial score (nSPS) is 16.5. The lowest BCUT2D eigenvalue weighted by molar-refractivity contribution is 0.0758. The number of aryl methyl sites for hydroxylation is 3. The summed E-state index contributed by atoms with van der Waals surface area (Å²) in [5.41, 5.74) is 1.50. The van der Waals surface area contributed by atoms with Crippen molar-refractivity contribution >= 4 is 15.9 Å². The first-order chi connectivity index (χ1) is 12.3. The summed E-state index contributed by atoms with van der Waals surface area (Å²) in [7, 11) is -3.70. The zero-order chi connectivity index (χ0) is 18.9. The molecule has 1 aliphatic heterocycles. The molecule has 0 radical (unpaired) electrons. The van der Waals surface area contributed by atoms with E-state index in [1.165, 1.54) is 4.31 Å². The van der Waals surface area contributed by atoms with Crippen molar-refractivity contribution in [1.29, 1.82) is 0 Å². The molecule has 0 aliphatic carbocycles. The second-order valence-corrected chi connectivity index (χ2v) is 8.24. The Morgan fingerprint density at radius 2 is 1.88 bits per heavy atom. The van der Waals surface area contributed by atoms with Gasteiger partial charge in [-0.25, -0.2) is 13.4 Å². The number of hydrogen-bond donors (Lipinski definition) is 0. The fraction of sp³-hybridized carbons (Fsp3) is 0.471. The first-order valence-corrected chi connectivity index (χ1v) is 9.90. The largest absolute Gasteiger partial charge is 0.360 e. The molecule has 1 amide bonds. The van der Waals surface area contributed by atoms with E-state index in [0.717, 1.165) is 5.69 Å². The molecule has 8 nitrogen and oxygen atoms in total. The van der Waals surface area contributed by atoms with Crippen LogP contribution in [0.1, 0.15) is 34.1 Å². The van der Waals surface area contributed by atoms with Crippen LogP contribution in [0.5, 0.6) is 0 Å². The molecule has 3 heterocycles. The highest BCUT2D eigenvalue weighted by Gasteiger charge is 2.33. The van der Waals surface area contributed by atoms with Crippen LogP contribution in [0.4, 0.5) is 0 Å². The van der Waals surface area contributed by atoms with Crippen molar-refractivity contribution in [1.82, 2.24) is 19.3 Å². The Morgan fingerprint density at radius 3 is 2.54 bits per heavy atom. The Labute approximate surface area is 152 Å². The molecule has 1 aliphatic rings. The maximum atomic E-state index is 12.9. The number of aromatic nitrogens is 2. The van der Waals surface area contributed by atoms with Crippen LogP contribution >= 0.6 is 0 Å². The van der Waals surface area contributed by atoms with Crippen molar-refractivity contribution in [2.24, 2.45) is 0 Å². The van der Waals surface area contributed by atoms with E-state index >= 15 is 0 Å². The topological polar surface area (TPSA) is 96.6 Å². The molecule has 0 unspecified atom stereocenters. The van der Waals surface area contributed by atoms with Crippen LogP contribution < -0.4 is 0 Å². The third kappa shape index (κ3) is 3.49. The zero-order valence-corrected chi connectivity index (χ0v) is 15.9. The summed E-state index contributed by atoms with van der Waals surface area (Å²) < 4.78 is 32.3. The average molecular weight is 378 g/mol. The summed E-state index contributed by atoms with van der Waals surface area (Å²) in [6.45, 7) is 6.40. The molecule has 140 valence electrons. The maximum absolute atomic E-state index is 12.9. The lowest BCUT2D eigenvalue weighted by Gasteiger charge is -2.21. The summed E-state index contributed by atoms with van der Waals surface area (Å²) in [5, 5.41) is 3.74. The fourth-order valence-corrected chi connectivity index (χ4v) is 4.89. The molecule has 0 spiro atoms. The van der Waals surface area contributed by atoms with Crippen molar-refractivity contribution in [2.45, 2.75) is 32.1 Å². The number of sulfonamides is 1. The van der Waals surface area contributed by atoms with Gasteiger partial charge in [0.05, 0.1) is 0 Å². The van der Waals surface area contributed by atoms with Gasteiger partial charge in [-0.15, -0.1) is 0 Å².